The molecule has 0 aliphatic carbocycles. The molecule has 8 heteroatoms. The number of aliphatic hydroxyl groups is 1. The number of halogens is 2. The molecule has 3 rings (SSSR count). The highest BCUT2D eigenvalue weighted by Crippen LogP contribution is 2.41. The maximum atomic E-state index is 12.9. The summed E-state index contributed by atoms with van der Waals surface area (Å²) in [5.74, 6) is -1.46. The summed E-state index contributed by atoms with van der Waals surface area (Å²) in [5.41, 5.74) is 0.810. The molecule has 6 nitrogen and oxygen atoms in total. The van der Waals surface area contributed by atoms with Crippen LogP contribution in [-0.2, 0) is 14.3 Å². The predicted molar refractivity (Wildman–Crippen MR) is 110 cm³/mol. The number of rotatable bonds is 6. The number of ether oxygens (including phenoxy) is 2. The number of aliphatic hydroxyl groups excluding tert-OH is 1. The van der Waals surface area contributed by atoms with Gasteiger partial charge in [-0.3, -0.25) is 9.59 Å². The highest BCUT2D eigenvalue weighted by molar-refractivity contribution is 6.47. The molecule has 29 heavy (non-hydrogen) atoms. The molecule has 1 aliphatic heterocycles. The van der Waals surface area contributed by atoms with E-state index in [2.05, 4.69) is 0 Å². The number of nitrogens with zero attached hydrogens (tertiary/aromatic N) is 1. The Kier molecular flexibility index (Phi) is 6.47. The van der Waals surface area contributed by atoms with Crippen LogP contribution in [-0.4, -0.2) is 49.1 Å². The molecule has 0 aromatic heterocycles. The highest BCUT2D eigenvalue weighted by atomic mass is 35.5. The standard InChI is InChI=1S/C21H19Cl2NO5/c1-28-10-9-24-18(12-7-8-14(22)15(23)11-12)17(20(26)21(24)27)19(25)13-5-3-4-6-16(13)29-2/h3-8,11,18,25H,9-10H2,1-2H3/b19-17-. The van der Waals surface area contributed by atoms with Gasteiger partial charge in [-0.1, -0.05) is 41.4 Å². The van der Waals surface area contributed by atoms with Crippen LogP contribution < -0.4 is 4.74 Å². The topological polar surface area (TPSA) is 76.1 Å². The zero-order chi connectivity index (χ0) is 21.1. The number of para-hydroxylation sites is 1. The predicted octanol–water partition coefficient (Wildman–Crippen LogP) is 4.07. The molecule has 1 amide bonds. The Bertz CT molecular complexity index is 989. The second kappa shape index (κ2) is 8.86. The summed E-state index contributed by atoms with van der Waals surface area (Å²) in [6.07, 6.45) is 0. The molecule has 2 aromatic carbocycles. The quantitative estimate of drug-likeness (QED) is 0.420. The van der Waals surface area contributed by atoms with Gasteiger partial charge >= 0.3 is 0 Å². The Morgan fingerprint density at radius 3 is 2.48 bits per heavy atom. The second-order valence-corrected chi connectivity index (χ2v) is 7.17. The van der Waals surface area contributed by atoms with Crippen LogP contribution in [0, 0.1) is 0 Å². The maximum absolute atomic E-state index is 12.9. The summed E-state index contributed by atoms with van der Waals surface area (Å²) in [6, 6.07) is 10.7. The van der Waals surface area contributed by atoms with Gasteiger partial charge in [-0.05, 0) is 29.8 Å². The van der Waals surface area contributed by atoms with Crippen molar-refractivity contribution in [2.45, 2.75) is 6.04 Å². The van der Waals surface area contributed by atoms with E-state index in [9.17, 15) is 14.7 Å². The van der Waals surface area contributed by atoms with Crippen molar-refractivity contribution in [2.75, 3.05) is 27.4 Å². The molecule has 2 aromatic rings. The van der Waals surface area contributed by atoms with E-state index in [4.69, 9.17) is 32.7 Å². The first kappa shape index (κ1) is 21.2. The number of carbonyl (C=O) groups is 2. The molecule has 0 spiro atoms. The third kappa shape index (κ3) is 3.96. The van der Waals surface area contributed by atoms with Crippen LogP contribution in [0.4, 0.5) is 0 Å². The van der Waals surface area contributed by atoms with Crippen molar-refractivity contribution < 1.29 is 24.2 Å². The Labute approximate surface area is 178 Å². The molecule has 1 aliphatic rings. The zero-order valence-corrected chi connectivity index (χ0v) is 17.3. The number of amides is 1. The maximum Gasteiger partial charge on any atom is 0.295 e. The van der Waals surface area contributed by atoms with Crippen LogP contribution in [0.1, 0.15) is 17.2 Å². The van der Waals surface area contributed by atoms with Gasteiger partial charge < -0.3 is 19.5 Å². The first-order valence-electron chi connectivity index (χ1n) is 8.76. The lowest BCUT2D eigenvalue weighted by Crippen LogP contribution is -2.32. The lowest BCUT2D eigenvalue weighted by molar-refractivity contribution is -0.140. The Morgan fingerprint density at radius 2 is 1.83 bits per heavy atom. The third-order valence-electron chi connectivity index (χ3n) is 4.70. The smallest absolute Gasteiger partial charge is 0.295 e. The number of carbonyl (C=O) groups excluding carboxylic acids is 2. The average molecular weight is 436 g/mol. The van der Waals surface area contributed by atoms with Gasteiger partial charge in [0.2, 0.25) is 0 Å². The number of ketones is 1. The SMILES string of the molecule is COCCN1C(=O)C(=O)/C(=C(\O)c2ccccc2OC)C1c1ccc(Cl)c(Cl)c1. The fraction of sp³-hybridized carbons (Fsp3) is 0.238. The summed E-state index contributed by atoms with van der Waals surface area (Å²) in [6.45, 7) is 0.383. The van der Waals surface area contributed by atoms with Crippen molar-refractivity contribution in [1.82, 2.24) is 4.90 Å². The van der Waals surface area contributed by atoms with E-state index in [0.29, 0.717) is 21.9 Å². The number of hydrogen-bond acceptors (Lipinski definition) is 5. The molecule has 0 saturated carbocycles. The largest absolute Gasteiger partial charge is 0.507 e. The van der Waals surface area contributed by atoms with Crippen molar-refractivity contribution in [2.24, 2.45) is 0 Å². The van der Waals surface area contributed by atoms with Gasteiger partial charge in [0, 0.05) is 13.7 Å². The number of methoxy groups -OCH3 is 2. The van der Waals surface area contributed by atoms with Crippen LogP contribution in [0.25, 0.3) is 5.76 Å². The van der Waals surface area contributed by atoms with E-state index in [-0.39, 0.29) is 29.5 Å². The molecule has 1 N–H and O–H groups in total. The van der Waals surface area contributed by atoms with E-state index in [1.807, 2.05) is 0 Å². The fourth-order valence-corrected chi connectivity index (χ4v) is 3.62. The van der Waals surface area contributed by atoms with Gasteiger partial charge in [0.15, 0.2) is 0 Å². The molecular formula is C21H19Cl2NO5. The van der Waals surface area contributed by atoms with E-state index < -0.39 is 17.7 Å². The van der Waals surface area contributed by atoms with E-state index >= 15 is 0 Å². The lowest BCUT2D eigenvalue weighted by Gasteiger charge is -2.25. The minimum absolute atomic E-state index is 0.0472. The van der Waals surface area contributed by atoms with Crippen LogP contribution in [0.3, 0.4) is 0 Å². The van der Waals surface area contributed by atoms with Crippen LogP contribution in [0.15, 0.2) is 48.0 Å². The number of benzene rings is 2. The number of likely N-dealkylation sites (tertiary alicyclic amines) is 1. The summed E-state index contributed by atoms with van der Waals surface area (Å²) >= 11 is 12.2. The van der Waals surface area contributed by atoms with Gasteiger partial charge in [-0.15, -0.1) is 0 Å². The van der Waals surface area contributed by atoms with E-state index in [1.54, 1.807) is 42.5 Å². The fourth-order valence-electron chi connectivity index (χ4n) is 3.31. The molecule has 152 valence electrons. The van der Waals surface area contributed by atoms with Crippen molar-refractivity contribution in [3.8, 4) is 5.75 Å². The highest BCUT2D eigenvalue weighted by Gasteiger charge is 2.46. The molecule has 0 bridgehead atoms. The number of hydrogen-bond donors (Lipinski definition) is 1. The summed E-state index contributed by atoms with van der Waals surface area (Å²) in [4.78, 5) is 27.0. The first-order chi connectivity index (χ1) is 13.9. The molecule has 1 saturated heterocycles. The van der Waals surface area contributed by atoms with Crippen LogP contribution in [0.2, 0.25) is 10.0 Å². The van der Waals surface area contributed by atoms with Crippen molar-refractivity contribution in [3.63, 3.8) is 0 Å². The molecular weight excluding hydrogens is 417 g/mol. The zero-order valence-electron chi connectivity index (χ0n) is 15.8. The Hall–Kier alpha value is -2.54. The molecule has 0 radical (unpaired) electrons. The average Bonchev–Trinajstić information content (AvgIpc) is 2.98. The van der Waals surface area contributed by atoms with E-state index in [0.717, 1.165) is 0 Å². The molecule has 1 unspecified atom stereocenters. The van der Waals surface area contributed by atoms with Crippen molar-refractivity contribution in [3.05, 3.63) is 69.2 Å². The van der Waals surface area contributed by atoms with Gasteiger partial charge in [0.25, 0.3) is 11.7 Å². The summed E-state index contributed by atoms with van der Waals surface area (Å²) < 4.78 is 10.4. The van der Waals surface area contributed by atoms with Gasteiger partial charge in [-0.25, -0.2) is 0 Å². The molecule has 1 heterocycles. The number of Topliss-reactive ketones (excluding diaryl/α,β-unsaturated/α-hetero) is 1. The first-order valence-corrected chi connectivity index (χ1v) is 9.52. The Morgan fingerprint density at radius 1 is 1.10 bits per heavy atom. The summed E-state index contributed by atoms with van der Waals surface area (Å²) in [5, 5.41) is 11.6. The minimum atomic E-state index is -0.843. The second-order valence-electron chi connectivity index (χ2n) is 6.36. The normalized spacial score (nSPS) is 18.3. The van der Waals surface area contributed by atoms with Crippen molar-refractivity contribution in [1.29, 1.82) is 0 Å². The molecule has 1 fully saturated rings. The lowest BCUT2D eigenvalue weighted by atomic mass is 9.95. The van der Waals surface area contributed by atoms with Crippen LogP contribution >= 0.6 is 23.2 Å². The van der Waals surface area contributed by atoms with Gasteiger partial charge in [0.05, 0.1) is 40.9 Å². The van der Waals surface area contributed by atoms with Gasteiger partial charge in [-0.2, -0.15) is 0 Å². The van der Waals surface area contributed by atoms with E-state index in [1.165, 1.54) is 19.1 Å². The molecule has 1 atom stereocenters. The van der Waals surface area contributed by atoms with Gasteiger partial charge in [0.1, 0.15) is 11.5 Å². The monoisotopic (exact) mass is 435 g/mol. The summed E-state index contributed by atoms with van der Waals surface area (Å²) in [7, 11) is 2.96. The van der Waals surface area contributed by atoms with Crippen LogP contribution in [0.5, 0.6) is 5.75 Å². The minimum Gasteiger partial charge on any atom is -0.507 e. The third-order valence-corrected chi connectivity index (χ3v) is 5.44. The van der Waals surface area contributed by atoms with Crippen molar-refractivity contribution >= 4 is 40.7 Å². The Balaban J connectivity index is 2.22.